The third-order valence-electron chi connectivity index (χ3n) is 4.04. The van der Waals surface area contributed by atoms with E-state index < -0.39 is 0 Å². The van der Waals surface area contributed by atoms with Gasteiger partial charge in [0.25, 0.3) is 0 Å². The van der Waals surface area contributed by atoms with E-state index in [1.807, 2.05) is 0 Å². The van der Waals surface area contributed by atoms with E-state index in [1.165, 1.54) is 12.8 Å². The predicted molar refractivity (Wildman–Crippen MR) is 67.8 cm³/mol. The zero-order chi connectivity index (χ0) is 10.9. The second kappa shape index (κ2) is 5.37. The molecular formula is C12H23ClN2O. The van der Waals surface area contributed by atoms with Crippen molar-refractivity contribution in [2.45, 2.75) is 33.1 Å². The fourth-order valence-electron chi connectivity index (χ4n) is 2.73. The summed E-state index contributed by atoms with van der Waals surface area (Å²) >= 11 is 0. The van der Waals surface area contributed by atoms with Gasteiger partial charge >= 0.3 is 0 Å². The summed E-state index contributed by atoms with van der Waals surface area (Å²) in [6.07, 6.45) is 3.41. The molecule has 0 aromatic rings. The summed E-state index contributed by atoms with van der Waals surface area (Å²) in [5.41, 5.74) is -0.122. The average Bonchev–Trinajstić information content (AvgIpc) is 2.85. The van der Waals surface area contributed by atoms with Crippen LogP contribution in [-0.4, -0.2) is 37.0 Å². The number of likely N-dealkylation sites (tertiary alicyclic amines) is 1. The minimum Gasteiger partial charge on any atom is -0.342 e. The predicted octanol–water partition coefficient (Wildman–Crippen LogP) is 1.67. The van der Waals surface area contributed by atoms with Crippen molar-refractivity contribution in [1.82, 2.24) is 10.2 Å². The van der Waals surface area contributed by atoms with Crippen LogP contribution in [0.25, 0.3) is 0 Å². The Balaban J connectivity index is 0.00000128. The Hall–Kier alpha value is -0.280. The van der Waals surface area contributed by atoms with Crippen molar-refractivity contribution < 1.29 is 4.79 Å². The van der Waals surface area contributed by atoms with Crippen LogP contribution in [0.1, 0.15) is 33.1 Å². The maximum absolute atomic E-state index is 12.3. The summed E-state index contributed by atoms with van der Waals surface area (Å²) in [7, 11) is 0. The summed E-state index contributed by atoms with van der Waals surface area (Å²) < 4.78 is 0. The number of hydrogen-bond acceptors (Lipinski definition) is 2. The first-order valence-electron chi connectivity index (χ1n) is 6.16. The molecule has 4 heteroatoms. The molecule has 16 heavy (non-hydrogen) atoms. The molecule has 94 valence electrons. The van der Waals surface area contributed by atoms with E-state index in [1.54, 1.807) is 0 Å². The van der Waals surface area contributed by atoms with Crippen molar-refractivity contribution in [3.63, 3.8) is 0 Å². The van der Waals surface area contributed by atoms with Gasteiger partial charge in [0.2, 0.25) is 5.91 Å². The number of halogens is 1. The fraction of sp³-hybridized carbons (Fsp3) is 0.917. The SMILES string of the molecule is CCC1CCN(C(=O)C2(C)CCNC2)C1.Cl. The normalized spacial score (nSPS) is 33.9. The van der Waals surface area contributed by atoms with Crippen molar-refractivity contribution in [3.05, 3.63) is 0 Å². The second-order valence-electron chi connectivity index (χ2n) is 5.30. The molecule has 0 aromatic carbocycles. The van der Waals surface area contributed by atoms with Gasteiger partial charge in [-0.2, -0.15) is 0 Å². The van der Waals surface area contributed by atoms with Gasteiger partial charge in [-0.1, -0.05) is 13.3 Å². The Labute approximate surface area is 104 Å². The lowest BCUT2D eigenvalue weighted by Gasteiger charge is -2.28. The highest BCUT2D eigenvalue weighted by molar-refractivity contribution is 5.85. The van der Waals surface area contributed by atoms with Gasteiger partial charge in [-0.15, -0.1) is 12.4 Å². The van der Waals surface area contributed by atoms with Crippen LogP contribution in [-0.2, 0) is 4.79 Å². The van der Waals surface area contributed by atoms with Gasteiger partial charge in [-0.05, 0) is 32.2 Å². The molecular weight excluding hydrogens is 224 g/mol. The summed E-state index contributed by atoms with van der Waals surface area (Å²) in [6.45, 7) is 8.15. The van der Waals surface area contributed by atoms with Gasteiger partial charge in [0.1, 0.15) is 0 Å². The van der Waals surface area contributed by atoms with Crippen LogP contribution in [0.5, 0.6) is 0 Å². The van der Waals surface area contributed by atoms with Crippen LogP contribution >= 0.6 is 12.4 Å². The maximum Gasteiger partial charge on any atom is 0.229 e. The maximum atomic E-state index is 12.3. The summed E-state index contributed by atoms with van der Waals surface area (Å²) in [5.74, 6) is 1.12. The number of carbonyl (C=O) groups excluding carboxylic acids is 1. The highest BCUT2D eigenvalue weighted by Gasteiger charge is 2.40. The Morgan fingerprint density at radius 2 is 2.31 bits per heavy atom. The van der Waals surface area contributed by atoms with E-state index in [0.29, 0.717) is 5.91 Å². The lowest BCUT2D eigenvalue weighted by Crippen LogP contribution is -2.42. The molecule has 2 unspecified atom stereocenters. The molecule has 2 aliphatic rings. The minimum atomic E-state index is -0.122. The number of hydrogen-bond donors (Lipinski definition) is 1. The fourth-order valence-corrected chi connectivity index (χ4v) is 2.73. The smallest absolute Gasteiger partial charge is 0.229 e. The number of rotatable bonds is 2. The van der Waals surface area contributed by atoms with E-state index >= 15 is 0 Å². The number of nitrogens with one attached hydrogen (secondary N) is 1. The molecule has 2 saturated heterocycles. The molecule has 2 heterocycles. The second-order valence-corrected chi connectivity index (χ2v) is 5.30. The number of nitrogens with zero attached hydrogens (tertiary/aromatic N) is 1. The lowest BCUT2D eigenvalue weighted by molar-refractivity contribution is -0.139. The molecule has 2 rings (SSSR count). The van der Waals surface area contributed by atoms with Crippen molar-refractivity contribution in [2.24, 2.45) is 11.3 Å². The highest BCUT2D eigenvalue weighted by Crippen LogP contribution is 2.30. The van der Waals surface area contributed by atoms with Crippen LogP contribution in [0.15, 0.2) is 0 Å². The van der Waals surface area contributed by atoms with Gasteiger partial charge in [-0.25, -0.2) is 0 Å². The first kappa shape index (κ1) is 13.8. The molecule has 0 radical (unpaired) electrons. The van der Waals surface area contributed by atoms with E-state index in [-0.39, 0.29) is 17.8 Å². The minimum absolute atomic E-state index is 0. The standard InChI is InChI=1S/C12H22N2O.ClH/c1-3-10-4-7-14(8-10)11(15)12(2)5-6-13-9-12;/h10,13H,3-9H2,1-2H3;1H. The molecule has 0 aromatic heterocycles. The van der Waals surface area contributed by atoms with E-state index in [2.05, 4.69) is 24.1 Å². The van der Waals surface area contributed by atoms with Crippen molar-refractivity contribution >= 4 is 18.3 Å². The Kier molecular flexibility index (Phi) is 4.62. The molecule has 2 aliphatic heterocycles. The molecule has 2 atom stereocenters. The molecule has 0 saturated carbocycles. The van der Waals surface area contributed by atoms with E-state index in [4.69, 9.17) is 0 Å². The van der Waals surface area contributed by atoms with Crippen LogP contribution in [0, 0.1) is 11.3 Å². The van der Waals surface area contributed by atoms with Crippen molar-refractivity contribution in [1.29, 1.82) is 0 Å². The zero-order valence-corrected chi connectivity index (χ0v) is 11.1. The Morgan fingerprint density at radius 3 is 2.81 bits per heavy atom. The van der Waals surface area contributed by atoms with E-state index in [0.717, 1.165) is 38.5 Å². The lowest BCUT2D eigenvalue weighted by atomic mass is 9.88. The van der Waals surface area contributed by atoms with E-state index in [9.17, 15) is 4.79 Å². The Morgan fingerprint density at radius 1 is 1.56 bits per heavy atom. The van der Waals surface area contributed by atoms with Crippen LogP contribution in [0.4, 0.5) is 0 Å². The average molecular weight is 247 g/mol. The van der Waals surface area contributed by atoms with Gasteiger partial charge in [0.05, 0.1) is 5.41 Å². The van der Waals surface area contributed by atoms with Gasteiger partial charge < -0.3 is 10.2 Å². The molecule has 1 N–H and O–H groups in total. The third-order valence-corrected chi connectivity index (χ3v) is 4.04. The monoisotopic (exact) mass is 246 g/mol. The van der Waals surface area contributed by atoms with Gasteiger partial charge in [0, 0.05) is 19.6 Å². The van der Waals surface area contributed by atoms with Crippen molar-refractivity contribution in [2.75, 3.05) is 26.2 Å². The topological polar surface area (TPSA) is 32.3 Å². The quantitative estimate of drug-likeness (QED) is 0.804. The molecule has 0 aliphatic carbocycles. The highest BCUT2D eigenvalue weighted by atomic mass is 35.5. The summed E-state index contributed by atoms with van der Waals surface area (Å²) in [4.78, 5) is 14.4. The molecule has 3 nitrogen and oxygen atoms in total. The molecule has 1 amide bonds. The third kappa shape index (κ3) is 2.51. The molecule has 0 spiro atoms. The Bertz CT molecular complexity index is 251. The number of amides is 1. The largest absolute Gasteiger partial charge is 0.342 e. The molecule has 0 bridgehead atoms. The van der Waals surface area contributed by atoms with Crippen LogP contribution in [0.2, 0.25) is 0 Å². The first-order chi connectivity index (χ1) is 7.15. The van der Waals surface area contributed by atoms with Gasteiger partial charge in [-0.3, -0.25) is 4.79 Å². The van der Waals surface area contributed by atoms with Crippen LogP contribution < -0.4 is 5.32 Å². The van der Waals surface area contributed by atoms with Crippen molar-refractivity contribution in [3.8, 4) is 0 Å². The zero-order valence-electron chi connectivity index (χ0n) is 10.3. The first-order valence-corrected chi connectivity index (χ1v) is 6.16. The van der Waals surface area contributed by atoms with Gasteiger partial charge in [0.15, 0.2) is 0 Å². The van der Waals surface area contributed by atoms with Crippen LogP contribution in [0.3, 0.4) is 0 Å². The summed E-state index contributed by atoms with van der Waals surface area (Å²) in [6, 6.07) is 0. The number of carbonyl (C=O) groups is 1. The molecule has 2 fully saturated rings. The summed E-state index contributed by atoms with van der Waals surface area (Å²) in [5, 5.41) is 3.29.